The lowest BCUT2D eigenvalue weighted by Gasteiger charge is -2.32. The molecule has 10 nitrogen and oxygen atoms in total. The number of H-pyrrole nitrogens is 1. The first kappa shape index (κ1) is 24.9. The summed E-state index contributed by atoms with van der Waals surface area (Å²) in [5, 5.41) is 14.1. The van der Waals surface area contributed by atoms with E-state index in [1.165, 1.54) is 11.8 Å². The van der Waals surface area contributed by atoms with Gasteiger partial charge in [0.1, 0.15) is 0 Å². The van der Waals surface area contributed by atoms with E-state index in [4.69, 9.17) is 9.97 Å². The van der Waals surface area contributed by atoms with E-state index in [2.05, 4.69) is 49.6 Å². The van der Waals surface area contributed by atoms with E-state index in [0.29, 0.717) is 22.9 Å². The molecule has 0 aliphatic carbocycles. The molecule has 1 amide bonds. The van der Waals surface area contributed by atoms with Crippen LogP contribution in [0.15, 0.2) is 40.4 Å². The lowest BCUT2D eigenvalue weighted by molar-refractivity contribution is -0.118. The normalized spacial score (nSPS) is 14.4. The lowest BCUT2D eigenvalue weighted by atomic mass is 10.2. The second-order valence-corrected chi connectivity index (χ2v) is 10.00. The first-order valence-electron chi connectivity index (χ1n) is 12.0. The van der Waals surface area contributed by atoms with Gasteiger partial charge in [-0.1, -0.05) is 27.2 Å². The lowest BCUT2D eigenvalue weighted by Crippen LogP contribution is -2.45. The Morgan fingerprint density at radius 3 is 2.54 bits per heavy atom. The highest BCUT2D eigenvalue weighted by Crippen LogP contribution is 2.29. The van der Waals surface area contributed by atoms with Crippen molar-refractivity contribution in [2.24, 2.45) is 5.92 Å². The van der Waals surface area contributed by atoms with Gasteiger partial charge in [-0.25, -0.2) is 0 Å². The second-order valence-electron chi connectivity index (χ2n) is 8.96. The van der Waals surface area contributed by atoms with Crippen LogP contribution in [-0.2, 0) is 11.2 Å². The molecule has 186 valence electrons. The fraction of sp³-hybridized carbons (Fsp3) is 0.458. The standard InChI is InChI=1S/C24H33N9OS/c1-5-6-18-15-20(31-30-18)26-22-27-23(33-13-11-32(4)12-14-33)29-24(28-22)35-19-9-7-17(8-10-19)25-21(34)16(2)3/h7-10,15-16H,5-6,11-14H2,1-4H3,(H,25,34)(H2,26,27,28,29,30,31). The zero-order valence-corrected chi connectivity index (χ0v) is 21.5. The highest BCUT2D eigenvalue weighted by molar-refractivity contribution is 7.99. The monoisotopic (exact) mass is 495 g/mol. The van der Waals surface area contributed by atoms with Crippen molar-refractivity contribution in [3.05, 3.63) is 36.0 Å². The van der Waals surface area contributed by atoms with E-state index in [-0.39, 0.29) is 11.8 Å². The van der Waals surface area contributed by atoms with Gasteiger partial charge in [0.15, 0.2) is 11.0 Å². The van der Waals surface area contributed by atoms with Crippen molar-refractivity contribution in [2.75, 3.05) is 48.8 Å². The Labute approximate surface area is 210 Å². The van der Waals surface area contributed by atoms with Gasteiger partial charge in [0, 0.05) is 54.4 Å². The minimum absolute atomic E-state index is 0.00383. The van der Waals surface area contributed by atoms with Crippen LogP contribution in [-0.4, -0.2) is 69.2 Å². The number of hydrogen-bond donors (Lipinski definition) is 3. The van der Waals surface area contributed by atoms with Gasteiger partial charge in [0.2, 0.25) is 17.8 Å². The van der Waals surface area contributed by atoms with Crippen LogP contribution in [0, 0.1) is 5.92 Å². The maximum atomic E-state index is 12.0. The molecule has 1 aliphatic heterocycles. The summed E-state index contributed by atoms with van der Waals surface area (Å²) in [4.78, 5) is 31.5. The molecule has 1 saturated heterocycles. The summed E-state index contributed by atoms with van der Waals surface area (Å²) < 4.78 is 0. The van der Waals surface area contributed by atoms with E-state index in [0.717, 1.165) is 55.3 Å². The number of nitrogens with one attached hydrogen (secondary N) is 3. The highest BCUT2D eigenvalue weighted by Gasteiger charge is 2.19. The molecule has 1 aliphatic rings. The fourth-order valence-corrected chi connectivity index (χ4v) is 4.27. The summed E-state index contributed by atoms with van der Waals surface area (Å²) >= 11 is 1.46. The molecule has 35 heavy (non-hydrogen) atoms. The molecule has 1 aromatic carbocycles. The first-order valence-corrected chi connectivity index (χ1v) is 12.8. The summed E-state index contributed by atoms with van der Waals surface area (Å²) in [5.41, 5.74) is 1.84. The molecule has 0 bridgehead atoms. The number of aromatic amines is 1. The zero-order valence-electron chi connectivity index (χ0n) is 20.7. The molecule has 1 fully saturated rings. The van der Waals surface area contributed by atoms with Crippen molar-refractivity contribution in [2.45, 2.75) is 43.7 Å². The van der Waals surface area contributed by atoms with E-state index < -0.39 is 0 Å². The zero-order chi connectivity index (χ0) is 24.8. The predicted octanol–water partition coefficient (Wildman–Crippen LogP) is 3.79. The van der Waals surface area contributed by atoms with Crippen LogP contribution >= 0.6 is 11.8 Å². The Morgan fingerprint density at radius 1 is 1.11 bits per heavy atom. The number of rotatable bonds is 9. The summed E-state index contributed by atoms with van der Waals surface area (Å²) in [6.45, 7) is 9.51. The average Bonchev–Trinajstić information content (AvgIpc) is 3.27. The van der Waals surface area contributed by atoms with Gasteiger partial charge in [-0.15, -0.1) is 0 Å². The number of aryl methyl sites for hydroxylation is 1. The number of carbonyl (C=O) groups excluding carboxylic acids is 1. The van der Waals surface area contributed by atoms with E-state index in [9.17, 15) is 4.79 Å². The number of amides is 1. The van der Waals surface area contributed by atoms with Crippen LogP contribution in [0.25, 0.3) is 0 Å². The Hall–Kier alpha value is -3.18. The Balaban J connectivity index is 1.54. The molecule has 0 atom stereocenters. The Morgan fingerprint density at radius 2 is 1.86 bits per heavy atom. The van der Waals surface area contributed by atoms with Crippen LogP contribution in [0.4, 0.5) is 23.4 Å². The van der Waals surface area contributed by atoms with Crippen molar-refractivity contribution in [1.29, 1.82) is 0 Å². The molecule has 3 N–H and O–H groups in total. The van der Waals surface area contributed by atoms with Gasteiger partial charge in [0.25, 0.3) is 0 Å². The molecule has 4 rings (SSSR count). The number of likely N-dealkylation sites (N-methyl/N-ethyl adjacent to an activating group) is 1. The van der Waals surface area contributed by atoms with Crippen LogP contribution < -0.4 is 15.5 Å². The van der Waals surface area contributed by atoms with Crippen LogP contribution in [0.1, 0.15) is 32.9 Å². The maximum Gasteiger partial charge on any atom is 0.234 e. The minimum Gasteiger partial charge on any atom is -0.338 e. The summed E-state index contributed by atoms with van der Waals surface area (Å²) in [6.07, 6.45) is 1.98. The van der Waals surface area contributed by atoms with Crippen molar-refractivity contribution in [3.63, 3.8) is 0 Å². The summed E-state index contributed by atoms with van der Waals surface area (Å²) in [6, 6.07) is 9.68. The van der Waals surface area contributed by atoms with Gasteiger partial charge < -0.3 is 20.4 Å². The molecular weight excluding hydrogens is 462 g/mol. The largest absolute Gasteiger partial charge is 0.338 e. The maximum absolute atomic E-state index is 12.0. The molecule has 0 radical (unpaired) electrons. The summed E-state index contributed by atoms with van der Waals surface area (Å²) in [7, 11) is 2.12. The van der Waals surface area contributed by atoms with Crippen LogP contribution in [0.2, 0.25) is 0 Å². The van der Waals surface area contributed by atoms with E-state index in [1.807, 2.05) is 44.2 Å². The molecule has 0 unspecified atom stereocenters. The third-order valence-corrected chi connectivity index (χ3v) is 6.51. The van der Waals surface area contributed by atoms with Crippen molar-refractivity contribution in [3.8, 4) is 0 Å². The molecule has 0 spiro atoms. The second kappa shape index (κ2) is 11.5. The molecule has 2 aromatic heterocycles. The molecule has 0 saturated carbocycles. The van der Waals surface area contributed by atoms with Crippen molar-refractivity contribution < 1.29 is 4.79 Å². The molecule has 3 heterocycles. The van der Waals surface area contributed by atoms with Crippen LogP contribution in [0.5, 0.6) is 0 Å². The Bertz CT molecular complexity index is 1120. The number of benzene rings is 1. The number of nitrogens with zero attached hydrogens (tertiary/aromatic N) is 6. The highest BCUT2D eigenvalue weighted by atomic mass is 32.2. The number of carbonyl (C=O) groups is 1. The molecular formula is C24H33N9OS. The topological polar surface area (TPSA) is 115 Å². The third-order valence-electron chi connectivity index (χ3n) is 5.63. The minimum atomic E-state index is -0.0687. The summed E-state index contributed by atoms with van der Waals surface area (Å²) in [5.74, 6) is 1.73. The first-order chi connectivity index (χ1) is 16.9. The van der Waals surface area contributed by atoms with Crippen molar-refractivity contribution in [1.82, 2.24) is 30.0 Å². The van der Waals surface area contributed by atoms with E-state index in [1.54, 1.807) is 0 Å². The Kier molecular flexibility index (Phi) is 8.19. The van der Waals surface area contributed by atoms with Crippen molar-refractivity contribution >= 4 is 41.1 Å². The van der Waals surface area contributed by atoms with Gasteiger partial charge >= 0.3 is 0 Å². The number of piperazine rings is 1. The fourth-order valence-electron chi connectivity index (χ4n) is 3.53. The predicted molar refractivity (Wildman–Crippen MR) is 139 cm³/mol. The van der Waals surface area contributed by atoms with Gasteiger partial charge in [0.05, 0.1) is 0 Å². The quantitative estimate of drug-likeness (QED) is 0.408. The smallest absolute Gasteiger partial charge is 0.234 e. The van der Waals surface area contributed by atoms with Gasteiger partial charge in [-0.2, -0.15) is 20.1 Å². The third kappa shape index (κ3) is 6.92. The SMILES string of the molecule is CCCc1cc(Nc2nc(Sc3ccc(NC(=O)C(C)C)cc3)nc(N3CCN(C)CC3)n2)n[nH]1. The van der Waals surface area contributed by atoms with Gasteiger partial charge in [-0.3, -0.25) is 9.89 Å². The van der Waals surface area contributed by atoms with Crippen LogP contribution in [0.3, 0.4) is 0 Å². The van der Waals surface area contributed by atoms with Gasteiger partial charge in [-0.05, 0) is 49.5 Å². The number of hydrogen-bond acceptors (Lipinski definition) is 9. The molecule has 3 aromatic rings. The number of anilines is 4. The molecule has 11 heteroatoms. The number of aromatic nitrogens is 5. The van der Waals surface area contributed by atoms with E-state index >= 15 is 0 Å². The average molecular weight is 496 g/mol.